The third kappa shape index (κ3) is 3.16. The van der Waals surface area contributed by atoms with Crippen LogP contribution in [-0.2, 0) is 0 Å². The maximum Gasteiger partial charge on any atom is 0.0938 e. The molecule has 0 aliphatic carbocycles. The van der Waals surface area contributed by atoms with Crippen LogP contribution in [0.4, 0.5) is 0 Å². The van der Waals surface area contributed by atoms with Gasteiger partial charge in [0.25, 0.3) is 0 Å². The van der Waals surface area contributed by atoms with Gasteiger partial charge in [-0.2, -0.15) is 0 Å². The Morgan fingerprint density at radius 3 is 2.00 bits per heavy atom. The smallest absolute Gasteiger partial charge is 0.0938 e. The van der Waals surface area contributed by atoms with Crippen LogP contribution < -0.4 is 0 Å². The van der Waals surface area contributed by atoms with Crippen LogP contribution in [0.25, 0.3) is 0 Å². The molecule has 0 spiro atoms. The topological polar surface area (TPSA) is 43.7 Å². The summed E-state index contributed by atoms with van der Waals surface area (Å²) in [5.41, 5.74) is 0.282. The molecule has 1 rings (SSSR count). The maximum absolute atomic E-state index is 9.48. The third-order valence-electron chi connectivity index (χ3n) is 3.68. The van der Waals surface area contributed by atoms with E-state index in [-0.39, 0.29) is 5.41 Å². The summed E-state index contributed by atoms with van der Waals surface area (Å²) in [6.45, 7) is 6.58. The van der Waals surface area contributed by atoms with E-state index >= 15 is 0 Å². The Balaban J connectivity index is 2.53. The Hall–Kier alpha value is 0.360. The third-order valence-corrected chi connectivity index (χ3v) is 4.87. The first-order chi connectivity index (χ1) is 7.06. The molecule has 1 fully saturated rings. The highest BCUT2D eigenvalue weighted by Crippen LogP contribution is 2.31. The standard InChI is InChI=1S/C11H22BrNO2/c1-3-11(4-2,7-12)8-13-5-9(14)10(15)6-13/h9-10,14-15H,3-8H2,1-2H3. The van der Waals surface area contributed by atoms with E-state index < -0.39 is 12.2 Å². The molecule has 4 heteroatoms. The number of likely N-dealkylation sites (tertiary alicyclic amines) is 1. The highest BCUT2D eigenvalue weighted by Gasteiger charge is 2.34. The van der Waals surface area contributed by atoms with Crippen molar-refractivity contribution in [3.8, 4) is 0 Å². The van der Waals surface area contributed by atoms with E-state index in [0.717, 1.165) is 24.7 Å². The molecule has 0 aromatic heterocycles. The predicted molar refractivity (Wildman–Crippen MR) is 65.3 cm³/mol. The predicted octanol–water partition coefficient (Wildman–Crippen LogP) is 1.23. The number of halogens is 1. The van der Waals surface area contributed by atoms with Gasteiger partial charge in [0, 0.05) is 25.0 Å². The molecule has 90 valence electrons. The van der Waals surface area contributed by atoms with Crippen molar-refractivity contribution < 1.29 is 10.2 Å². The average Bonchev–Trinajstić information content (AvgIpc) is 2.55. The SMILES string of the molecule is CCC(CC)(CBr)CN1CC(O)C(O)C1. The highest BCUT2D eigenvalue weighted by atomic mass is 79.9. The lowest BCUT2D eigenvalue weighted by Crippen LogP contribution is -2.37. The highest BCUT2D eigenvalue weighted by molar-refractivity contribution is 9.09. The van der Waals surface area contributed by atoms with Crippen molar-refractivity contribution in [3.05, 3.63) is 0 Å². The van der Waals surface area contributed by atoms with Gasteiger partial charge in [-0.1, -0.05) is 29.8 Å². The van der Waals surface area contributed by atoms with Crippen molar-refractivity contribution >= 4 is 15.9 Å². The van der Waals surface area contributed by atoms with E-state index in [1.807, 2.05) is 0 Å². The Kier molecular flexibility index (Phi) is 5.03. The van der Waals surface area contributed by atoms with E-state index in [2.05, 4.69) is 34.7 Å². The van der Waals surface area contributed by atoms with Crippen molar-refractivity contribution in [3.63, 3.8) is 0 Å². The Bertz CT molecular complexity index is 179. The van der Waals surface area contributed by atoms with Crippen molar-refractivity contribution in [1.82, 2.24) is 4.90 Å². The second kappa shape index (κ2) is 5.62. The fraction of sp³-hybridized carbons (Fsp3) is 1.00. The molecule has 2 unspecified atom stereocenters. The van der Waals surface area contributed by atoms with Crippen LogP contribution in [0.15, 0.2) is 0 Å². The fourth-order valence-corrected chi connectivity index (χ4v) is 3.13. The summed E-state index contributed by atoms with van der Waals surface area (Å²) in [6.07, 6.45) is 1.12. The Morgan fingerprint density at radius 1 is 1.20 bits per heavy atom. The minimum absolute atomic E-state index is 0.282. The molecular formula is C11H22BrNO2. The van der Waals surface area contributed by atoms with E-state index in [1.54, 1.807) is 0 Å². The van der Waals surface area contributed by atoms with Gasteiger partial charge in [0.15, 0.2) is 0 Å². The van der Waals surface area contributed by atoms with Gasteiger partial charge in [-0.15, -0.1) is 0 Å². The minimum Gasteiger partial charge on any atom is -0.389 e. The van der Waals surface area contributed by atoms with Gasteiger partial charge in [0.2, 0.25) is 0 Å². The molecule has 0 saturated carbocycles. The lowest BCUT2D eigenvalue weighted by Gasteiger charge is -2.34. The average molecular weight is 280 g/mol. The Morgan fingerprint density at radius 2 is 1.67 bits per heavy atom. The molecular weight excluding hydrogens is 258 g/mol. The zero-order valence-corrected chi connectivity index (χ0v) is 11.2. The number of rotatable bonds is 5. The van der Waals surface area contributed by atoms with Gasteiger partial charge in [-0.25, -0.2) is 0 Å². The molecule has 0 bridgehead atoms. The number of alkyl halides is 1. The summed E-state index contributed by atoms with van der Waals surface area (Å²) < 4.78 is 0. The number of hydrogen-bond donors (Lipinski definition) is 2. The molecule has 2 atom stereocenters. The van der Waals surface area contributed by atoms with Crippen LogP contribution in [-0.4, -0.2) is 52.3 Å². The number of β-amino-alcohol motifs (C(OH)–C–C–N with tert-alkyl or cyclic N) is 2. The van der Waals surface area contributed by atoms with Crippen LogP contribution in [0.3, 0.4) is 0 Å². The zero-order valence-electron chi connectivity index (χ0n) is 9.62. The molecule has 3 nitrogen and oxygen atoms in total. The Labute approximate surface area is 101 Å². The van der Waals surface area contributed by atoms with Crippen molar-refractivity contribution in [1.29, 1.82) is 0 Å². The summed E-state index contributed by atoms with van der Waals surface area (Å²) >= 11 is 3.58. The molecule has 0 amide bonds. The first kappa shape index (κ1) is 13.4. The number of hydrogen-bond acceptors (Lipinski definition) is 3. The van der Waals surface area contributed by atoms with Gasteiger partial charge >= 0.3 is 0 Å². The monoisotopic (exact) mass is 279 g/mol. The maximum atomic E-state index is 9.48. The lowest BCUT2D eigenvalue weighted by atomic mass is 9.84. The van der Waals surface area contributed by atoms with E-state index in [9.17, 15) is 10.2 Å². The summed E-state index contributed by atoms with van der Waals surface area (Å²) in [5.74, 6) is 0. The summed E-state index contributed by atoms with van der Waals surface area (Å²) in [5, 5.41) is 19.9. The largest absolute Gasteiger partial charge is 0.389 e. The molecule has 1 aliphatic heterocycles. The number of nitrogens with zero attached hydrogens (tertiary/aromatic N) is 1. The molecule has 1 aliphatic rings. The first-order valence-electron chi connectivity index (χ1n) is 5.71. The van der Waals surface area contributed by atoms with Crippen LogP contribution in [0.1, 0.15) is 26.7 Å². The van der Waals surface area contributed by atoms with Gasteiger partial charge in [0.1, 0.15) is 0 Å². The second-order valence-corrected chi connectivity index (χ2v) is 5.23. The lowest BCUT2D eigenvalue weighted by molar-refractivity contribution is 0.0572. The van der Waals surface area contributed by atoms with Crippen LogP contribution in [0, 0.1) is 5.41 Å². The van der Waals surface area contributed by atoms with Crippen LogP contribution in [0.5, 0.6) is 0 Å². The molecule has 0 aromatic rings. The molecule has 0 radical (unpaired) electrons. The molecule has 0 aromatic carbocycles. The van der Waals surface area contributed by atoms with Crippen molar-refractivity contribution in [2.24, 2.45) is 5.41 Å². The summed E-state index contributed by atoms with van der Waals surface area (Å²) in [4.78, 5) is 2.17. The zero-order chi connectivity index (χ0) is 11.5. The van der Waals surface area contributed by atoms with Crippen LogP contribution in [0.2, 0.25) is 0 Å². The quantitative estimate of drug-likeness (QED) is 0.744. The molecule has 2 N–H and O–H groups in total. The van der Waals surface area contributed by atoms with Crippen LogP contribution >= 0.6 is 15.9 Å². The van der Waals surface area contributed by atoms with Gasteiger partial charge in [-0.3, -0.25) is 4.90 Å². The summed E-state index contributed by atoms with van der Waals surface area (Å²) in [6, 6.07) is 0. The summed E-state index contributed by atoms with van der Waals surface area (Å²) in [7, 11) is 0. The minimum atomic E-state index is -0.563. The van der Waals surface area contributed by atoms with E-state index in [1.165, 1.54) is 0 Å². The van der Waals surface area contributed by atoms with E-state index in [4.69, 9.17) is 0 Å². The molecule has 1 heterocycles. The fourth-order valence-electron chi connectivity index (χ4n) is 2.16. The van der Waals surface area contributed by atoms with Gasteiger partial charge in [-0.05, 0) is 18.3 Å². The molecule has 15 heavy (non-hydrogen) atoms. The normalized spacial score (nSPS) is 28.6. The molecule has 1 saturated heterocycles. The number of aliphatic hydroxyl groups is 2. The second-order valence-electron chi connectivity index (χ2n) is 4.67. The van der Waals surface area contributed by atoms with E-state index in [0.29, 0.717) is 13.1 Å². The number of aliphatic hydroxyl groups excluding tert-OH is 2. The first-order valence-corrected chi connectivity index (χ1v) is 6.83. The van der Waals surface area contributed by atoms with Crippen molar-refractivity contribution in [2.75, 3.05) is 25.0 Å². The van der Waals surface area contributed by atoms with Gasteiger partial charge < -0.3 is 10.2 Å². The van der Waals surface area contributed by atoms with Crippen molar-refractivity contribution in [2.45, 2.75) is 38.9 Å². The van der Waals surface area contributed by atoms with Gasteiger partial charge in [0.05, 0.1) is 12.2 Å².